The highest BCUT2D eigenvalue weighted by molar-refractivity contribution is 6.08. The SMILES string of the molecule is c1ccc(-c2c(-c3ccc4oc5ccccc5c4c3)nn3[n+]2C24c5c(cccc5-n5c6ccccc6c6ccc[n+]2c65)Oc2cccc-3c24)cc1. The van der Waals surface area contributed by atoms with Crippen molar-refractivity contribution in [3.63, 3.8) is 0 Å². The molecule has 0 fully saturated rings. The minimum absolute atomic E-state index is 0.830. The first-order valence-corrected chi connectivity index (χ1v) is 17.2. The largest absolute Gasteiger partial charge is 0.456 e. The second-order valence-electron chi connectivity index (χ2n) is 13.6. The fourth-order valence-corrected chi connectivity index (χ4v) is 9.28. The van der Waals surface area contributed by atoms with Crippen LogP contribution >= 0.6 is 0 Å². The Morgan fingerprint density at radius 3 is 2.18 bits per heavy atom. The Hall–Kier alpha value is -6.99. The maximum Gasteiger partial charge on any atom is 0.338 e. The molecular formula is C44H25N5O2+2. The van der Waals surface area contributed by atoms with E-state index >= 15 is 0 Å². The molecule has 0 saturated carbocycles. The molecule has 4 aromatic heterocycles. The first-order valence-electron chi connectivity index (χ1n) is 17.2. The molecule has 0 saturated heterocycles. The fourth-order valence-electron chi connectivity index (χ4n) is 9.28. The molecular weight excluding hydrogens is 631 g/mol. The Balaban J connectivity index is 1.24. The zero-order chi connectivity index (χ0) is 33.0. The molecule has 236 valence electrons. The van der Waals surface area contributed by atoms with Gasteiger partial charge in [0, 0.05) is 27.3 Å². The van der Waals surface area contributed by atoms with Crippen molar-refractivity contribution in [2.75, 3.05) is 0 Å². The standard InChI is InChI=1S/C44H25N5O2/c1-2-11-26(12-3-1)42-41(27-22-23-36-31(25-27)29-14-5-7-19-35(29)50-36)45-49-34-18-9-21-38-40(34)44(48(42)49)39-33(17-8-20-37(39)51-38)47-32-16-6-4-13-28(32)30-15-10-24-46(44)43(30)47/h1-25H/q+2. The molecule has 51 heavy (non-hydrogen) atoms. The van der Waals surface area contributed by atoms with Gasteiger partial charge in [-0.3, -0.25) is 0 Å². The molecule has 7 heterocycles. The Kier molecular flexibility index (Phi) is 4.46. The molecule has 0 N–H and O–H groups in total. The molecule has 13 rings (SSSR count). The molecule has 10 aromatic rings. The number of pyridine rings is 1. The molecule has 1 spiro atoms. The van der Waals surface area contributed by atoms with Crippen LogP contribution in [0.5, 0.6) is 11.5 Å². The predicted octanol–water partition coefficient (Wildman–Crippen LogP) is 8.81. The van der Waals surface area contributed by atoms with Crippen LogP contribution in [0.2, 0.25) is 0 Å². The van der Waals surface area contributed by atoms with Gasteiger partial charge in [0.25, 0.3) is 11.3 Å². The molecule has 0 bridgehead atoms. The lowest BCUT2D eigenvalue weighted by molar-refractivity contribution is -0.984. The number of furan rings is 1. The van der Waals surface area contributed by atoms with Gasteiger partial charge in [0.15, 0.2) is 0 Å². The van der Waals surface area contributed by atoms with Gasteiger partial charge < -0.3 is 9.15 Å². The molecule has 1 atom stereocenters. The Labute approximate surface area is 290 Å². The average molecular weight is 656 g/mol. The van der Waals surface area contributed by atoms with Gasteiger partial charge in [-0.25, -0.2) is 0 Å². The lowest BCUT2D eigenvalue weighted by Gasteiger charge is -2.35. The number of fused-ring (bicyclic) bond motifs is 9. The summed E-state index contributed by atoms with van der Waals surface area (Å²) in [7, 11) is 0. The van der Waals surface area contributed by atoms with Crippen LogP contribution in [-0.2, 0) is 5.66 Å². The summed E-state index contributed by atoms with van der Waals surface area (Å²) in [6.07, 6.45) is 2.23. The second kappa shape index (κ2) is 8.77. The highest BCUT2D eigenvalue weighted by Crippen LogP contribution is 2.55. The third-order valence-corrected chi connectivity index (χ3v) is 11.2. The van der Waals surface area contributed by atoms with Gasteiger partial charge in [-0.15, -0.1) is 0 Å². The van der Waals surface area contributed by atoms with Crippen molar-refractivity contribution in [2.24, 2.45) is 0 Å². The summed E-state index contributed by atoms with van der Waals surface area (Å²) in [4.78, 5) is 2.12. The van der Waals surface area contributed by atoms with Crippen molar-refractivity contribution in [2.45, 2.75) is 5.66 Å². The number of para-hydroxylation sites is 2. The molecule has 3 aliphatic rings. The second-order valence-corrected chi connectivity index (χ2v) is 13.6. The first kappa shape index (κ1) is 26.0. The summed E-state index contributed by atoms with van der Waals surface area (Å²) in [6.45, 7) is 0. The fraction of sp³-hybridized carbons (Fsp3) is 0.0227. The maximum absolute atomic E-state index is 6.86. The molecule has 3 aliphatic heterocycles. The molecule has 1 unspecified atom stereocenters. The minimum Gasteiger partial charge on any atom is -0.456 e. The van der Waals surface area contributed by atoms with Crippen LogP contribution in [0, 0.1) is 0 Å². The lowest BCUT2D eigenvalue weighted by Crippen LogP contribution is -2.77. The molecule has 7 nitrogen and oxygen atoms in total. The van der Waals surface area contributed by atoms with Crippen LogP contribution in [0.25, 0.3) is 77.8 Å². The number of hydrogen-bond donors (Lipinski definition) is 0. The Morgan fingerprint density at radius 2 is 1.29 bits per heavy atom. The van der Waals surface area contributed by atoms with E-state index in [1.807, 2.05) is 12.1 Å². The van der Waals surface area contributed by atoms with Gasteiger partial charge >= 0.3 is 5.66 Å². The molecule has 0 radical (unpaired) electrons. The lowest BCUT2D eigenvalue weighted by atomic mass is 9.84. The van der Waals surface area contributed by atoms with E-state index in [2.05, 4.69) is 158 Å². The number of aromatic nitrogens is 5. The zero-order valence-corrected chi connectivity index (χ0v) is 27.0. The number of nitrogens with zero attached hydrogens (tertiary/aromatic N) is 5. The minimum atomic E-state index is -0.858. The quantitative estimate of drug-likeness (QED) is 0.175. The number of hydrogen-bond acceptors (Lipinski definition) is 3. The van der Waals surface area contributed by atoms with E-state index in [9.17, 15) is 0 Å². The Bertz CT molecular complexity index is 3190. The highest BCUT2D eigenvalue weighted by Gasteiger charge is 2.67. The van der Waals surface area contributed by atoms with Gasteiger partial charge in [0.05, 0.1) is 16.7 Å². The van der Waals surface area contributed by atoms with Crippen LogP contribution in [-0.4, -0.2) is 14.5 Å². The smallest absolute Gasteiger partial charge is 0.338 e. The van der Waals surface area contributed by atoms with E-state index in [4.69, 9.17) is 14.3 Å². The van der Waals surface area contributed by atoms with Crippen LogP contribution < -0.4 is 14.0 Å². The highest BCUT2D eigenvalue weighted by atomic mass is 16.5. The number of rotatable bonds is 2. The van der Waals surface area contributed by atoms with Gasteiger partial charge in [0.1, 0.15) is 50.7 Å². The zero-order valence-electron chi connectivity index (χ0n) is 27.0. The van der Waals surface area contributed by atoms with Gasteiger partial charge in [-0.2, -0.15) is 9.13 Å². The summed E-state index contributed by atoms with van der Waals surface area (Å²) in [5, 5.41) is 10.1. The van der Waals surface area contributed by atoms with Gasteiger partial charge in [0.2, 0.25) is 5.69 Å². The molecule has 6 aromatic carbocycles. The van der Waals surface area contributed by atoms with Crippen LogP contribution in [0.1, 0.15) is 11.1 Å². The first-order chi connectivity index (χ1) is 25.3. The van der Waals surface area contributed by atoms with Crippen molar-refractivity contribution < 1.29 is 18.4 Å². The summed E-state index contributed by atoms with van der Waals surface area (Å²) in [5.41, 5.74) is 11.4. The third kappa shape index (κ3) is 2.90. The van der Waals surface area contributed by atoms with E-state index in [1.165, 1.54) is 10.8 Å². The van der Waals surface area contributed by atoms with Crippen LogP contribution in [0.15, 0.2) is 156 Å². The summed E-state index contributed by atoms with van der Waals surface area (Å²) < 4.78 is 20.4. The van der Waals surface area contributed by atoms with E-state index in [-0.39, 0.29) is 0 Å². The molecule has 0 amide bonds. The average Bonchev–Trinajstić information content (AvgIpc) is 3.93. The van der Waals surface area contributed by atoms with Crippen molar-refractivity contribution in [1.82, 2.24) is 14.5 Å². The van der Waals surface area contributed by atoms with E-state index in [0.717, 1.165) is 89.6 Å². The normalized spacial score (nSPS) is 16.1. The van der Waals surface area contributed by atoms with E-state index < -0.39 is 5.66 Å². The van der Waals surface area contributed by atoms with Crippen molar-refractivity contribution in [1.29, 1.82) is 0 Å². The van der Waals surface area contributed by atoms with E-state index in [0.29, 0.717) is 0 Å². The number of ether oxygens (including phenoxy) is 1. The van der Waals surface area contributed by atoms with Gasteiger partial charge in [-0.1, -0.05) is 77.5 Å². The van der Waals surface area contributed by atoms with Crippen molar-refractivity contribution in [3.8, 4) is 45.4 Å². The predicted molar refractivity (Wildman–Crippen MR) is 195 cm³/mol. The topological polar surface area (TPSA) is 52.9 Å². The number of benzene rings is 6. The van der Waals surface area contributed by atoms with E-state index in [1.54, 1.807) is 0 Å². The Morgan fingerprint density at radius 1 is 0.569 bits per heavy atom. The molecule has 0 aliphatic carbocycles. The summed E-state index contributed by atoms with van der Waals surface area (Å²) in [6, 6.07) is 51.3. The summed E-state index contributed by atoms with van der Waals surface area (Å²) >= 11 is 0. The third-order valence-electron chi connectivity index (χ3n) is 11.2. The van der Waals surface area contributed by atoms with Crippen LogP contribution in [0.3, 0.4) is 0 Å². The molecule has 7 heteroatoms. The van der Waals surface area contributed by atoms with Crippen molar-refractivity contribution >= 4 is 43.9 Å². The maximum atomic E-state index is 6.86. The van der Waals surface area contributed by atoms with Crippen LogP contribution in [0.4, 0.5) is 0 Å². The van der Waals surface area contributed by atoms with Gasteiger partial charge in [-0.05, 0) is 77.6 Å². The monoisotopic (exact) mass is 655 g/mol. The summed E-state index contributed by atoms with van der Waals surface area (Å²) in [5.74, 6) is 1.66. The van der Waals surface area contributed by atoms with Crippen molar-refractivity contribution in [3.05, 3.63) is 163 Å².